The van der Waals surface area contributed by atoms with Gasteiger partial charge in [0.15, 0.2) is 18.4 Å². The van der Waals surface area contributed by atoms with Crippen LogP contribution in [0.3, 0.4) is 0 Å². The molecule has 3 heterocycles. The highest BCUT2D eigenvalue weighted by atomic mass is 16.9. The Labute approximate surface area is 185 Å². The fourth-order valence-corrected chi connectivity index (χ4v) is 4.30. The summed E-state index contributed by atoms with van der Waals surface area (Å²) in [4.78, 5) is 12.2. The fourth-order valence-electron chi connectivity index (χ4n) is 4.30. The van der Waals surface area contributed by atoms with Crippen molar-refractivity contribution in [1.82, 2.24) is 0 Å². The summed E-state index contributed by atoms with van der Waals surface area (Å²) in [6, 6.07) is 15.9. The summed E-state index contributed by atoms with van der Waals surface area (Å²) < 4.78 is 35.1. The van der Waals surface area contributed by atoms with E-state index in [1.807, 2.05) is 32.0 Å². The van der Waals surface area contributed by atoms with E-state index in [4.69, 9.17) is 28.4 Å². The standard InChI is InChI=1S/C24H26O8/c1-24(2)31-20-19-18(29-23(20)32-24)13-28-22(30-19)16-11-7-6-10-15(16)17(25)12-27-21(26)14-8-4-3-5-9-14/h3-11,17-20,22-23,25H,12-13H2,1-2H3/t17-,18+,19-,20+,22-,23+/m0/s1. The zero-order valence-electron chi connectivity index (χ0n) is 17.9. The van der Waals surface area contributed by atoms with Crippen molar-refractivity contribution in [1.29, 1.82) is 0 Å². The third-order valence-electron chi connectivity index (χ3n) is 5.77. The van der Waals surface area contributed by atoms with Crippen molar-refractivity contribution < 1.29 is 38.3 Å². The molecule has 0 radical (unpaired) electrons. The number of esters is 1. The van der Waals surface area contributed by atoms with Gasteiger partial charge in [0.2, 0.25) is 0 Å². The predicted molar refractivity (Wildman–Crippen MR) is 110 cm³/mol. The summed E-state index contributed by atoms with van der Waals surface area (Å²) in [5.41, 5.74) is 1.66. The van der Waals surface area contributed by atoms with Crippen LogP contribution in [-0.4, -0.2) is 54.7 Å². The SMILES string of the molecule is CC1(C)O[C@H]2O[C@@H]3CO[C@H](c4ccccc4[C@@H](O)COC(=O)c4ccccc4)O[C@@H]3[C@H]2O1. The minimum atomic E-state index is -1.04. The van der Waals surface area contributed by atoms with E-state index in [0.29, 0.717) is 23.3 Å². The molecule has 8 nitrogen and oxygen atoms in total. The minimum absolute atomic E-state index is 0.192. The number of rotatable bonds is 5. The summed E-state index contributed by atoms with van der Waals surface area (Å²) in [5.74, 6) is -1.24. The summed E-state index contributed by atoms with van der Waals surface area (Å²) in [7, 11) is 0. The van der Waals surface area contributed by atoms with E-state index >= 15 is 0 Å². The Morgan fingerprint density at radius 3 is 2.62 bits per heavy atom. The Hall–Kier alpha value is -2.33. The van der Waals surface area contributed by atoms with Gasteiger partial charge in [-0.15, -0.1) is 0 Å². The molecule has 2 aromatic rings. The van der Waals surface area contributed by atoms with E-state index in [1.54, 1.807) is 36.4 Å². The van der Waals surface area contributed by atoms with Crippen LogP contribution in [0.5, 0.6) is 0 Å². The predicted octanol–water partition coefficient (Wildman–Crippen LogP) is 2.87. The Morgan fingerprint density at radius 1 is 1.06 bits per heavy atom. The Morgan fingerprint density at radius 2 is 1.81 bits per heavy atom. The van der Waals surface area contributed by atoms with E-state index in [0.717, 1.165) is 0 Å². The number of carbonyl (C=O) groups is 1. The lowest BCUT2D eigenvalue weighted by Crippen LogP contribution is -2.44. The average Bonchev–Trinajstić information content (AvgIpc) is 3.28. The number of ether oxygens (including phenoxy) is 6. The first kappa shape index (κ1) is 21.5. The fraction of sp³-hybridized carbons (Fsp3) is 0.458. The molecular weight excluding hydrogens is 416 g/mol. The Bertz CT molecular complexity index is 961. The molecule has 0 bridgehead atoms. The number of benzene rings is 2. The van der Waals surface area contributed by atoms with Gasteiger partial charge < -0.3 is 33.5 Å². The number of aliphatic hydroxyl groups excluding tert-OH is 1. The van der Waals surface area contributed by atoms with Gasteiger partial charge in [0.25, 0.3) is 0 Å². The smallest absolute Gasteiger partial charge is 0.338 e. The highest BCUT2D eigenvalue weighted by Crippen LogP contribution is 2.43. The van der Waals surface area contributed by atoms with Crippen LogP contribution >= 0.6 is 0 Å². The van der Waals surface area contributed by atoms with Crippen LogP contribution in [0.1, 0.15) is 47.7 Å². The third kappa shape index (κ3) is 4.17. The van der Waals surface area contributed by atoms with Gasteiger partial charge >= 0.3 is 5.97 Å². The molecule has 0 aromatic heterocycles. The van der Waals surface area contributed by atoms with Gasteiger partial charge in [-0.25, -0.2) is 4.79 Å². The van der Waals surface area contributed by atoms with Gasteiger partial charge in [-0.05, 0) is 31.5 Å². The molecule has 3 aliphatic heterocycles. The maximum atomic E-state index is 12.2. The van der Waals surface area contributed by atoms with Crippen LogP contribution in [0, 0.1) is 0 Å². The van der Waals surface area contributed by atoms with E-state index < -0.39 is 30.4 Å². The van der Waals surface area contributed by atoms with E-state index in [2.05, 4.69) is 0 Å². The lowest BCUT2D eigenvalue weighted by molar-refractivity contribution is -0.285. The minimum Gasteiger partial charge on any atom is -0.459 e. The second-order valence-electron chi connectivity index (χ2n) is 8.52. The summed E-state index contributed by atoms with van der Waals surface area (Å²) >= 11 is 0. The molecule has 3 fully saturated rings. The van der Waals surface area contributed by atoms with Crippen molar-refractivity contribution in [2.24, 2.45) is 0 Å². The first-order valence-electron chi connectivity index (χ1n) is 10.7. The molecular formula is C24H26O8. The van der Waals surface area contributed by atoms with Crippen LogP contribution < -0.4 is 0 Å². The largest absolute Gasteiger partial charge is 0.459 e. The zero-order valence-corrected chi connectivity index (χ0v) is 17.9. The Balaban J connectivity index is 1.28. The van der Waals surface area contributed by atoms with Crippen LogP contribution in [0.15, 0.2) is 54.6 Å². The number of hydrogen-bond acceptors (Lipinski definition) is 8. The molecule has 0 saturated carbocycles. The molecule has 3 aliphatic rings. The van der Waals surface area contributed by atoms with E-state index in [1.165, 1.54) is 0 Å². The second-order valence-corrected chi connectivity index (χ2v) is 8.52. The molecule has 0 spiro atoms. The van der Waals surface area contributed by atoms with Gasteiger partial charge in [0, 0.05) is 5.56 Å². The number of hydrogen-bond donors (Lipinski definition) is 1. The maximum absolute atomic E-state index is 12.2. The molecule has 2 aromatic carbocycles. The van der Waals surface area contributed by atoms with Gasteiger partial charge in [0.05, 0.1) is 12.2 Å². The highest BCUT2D eigenvalue weighted by Gasteiger charge is 2.57. The molecule has 0 amide bonds. The van der Waals surface area contributed by atoms with Gasteiger partial charge in [-0.1, -0.05) is 42.5 Å². The molecule has 170 valence electrons. The molecule has 0 aliphatic carbocycles. The molecule has 6 atom stereocenters. The van der Waals surface area contributed by atoms with Crippen molar-refractivity contribution >= 4 is 5.97 Å². The number of carbonyl (C=O) groups excluding carboxylic acids is 1. The lowest BCUT2D eigenvalue weighted by Gasteiger charge is -2.35. The van der Waals surface area contributed by atoms with Crippen LogP contribution in [0.2, 0.25) is 0 Å². The topological polar surface area (TPSA) is 92.7 Å². The van der Waals surface area contributed by atoms with Crippen molar-refractivity contribution in [3.8, 4) is 0 Å². The van der Waals surface area contributed by atoms with Gasteiger partial charge in [-0.3, -0.25) is 0 Å². The Kier molecular flexibility index (Phi) is 5.75. The molecule has 5 rings (SSSR count). The average molecular weight is 442 g/mol. The van der Waals surface area contributed by atoms with Crippen LogP contribution in [0.25, 0.3) is 0 Å². The molecule has 3 saturated heterocycles. The normalized spacial score (nSPS) is 31.5. The molecule has 8 heteroatoms. The van der Waals surface area contributed by atoms with Crippen molar-refractivity contribution in [2.75, 3.05) is 13.2 Å². The maximum Gasteiger partial charge on any atom is 0.338 e. The van der Waals surface area contributed by atoms with E-state index in [9.17, 15) is 9.90 Å². The van der Waals surface area contributed by atoms with Gasteiger partial charge in [0.1, 0.15) is 31.0 Å². The summed E-state index contributed by atoms with van der Waals surface area (Å²) in [6.07, 6.45) is -3.27. The lowest BCUT2D eigenvalue weighted by atomic mass is 10.0. The van der Waals surface area contributed by atoms with Crippen LogP contribution in [0.4, 0.5) is 0 Å². The third-order valence-corrected chi connectivity index (χ3v) is 5.77. The van der Waals surface area contributed by atoms with Gasteiger partial charge in [-0.2, -0.15) is 0 Å². The summed E-state index contributed by atoms with van der Waals surface area (Å²) in [5, 5.41) is 10.8. The van der Waals surface area contributed by atoms with E-state index in [-0.39, 0.29) is 24.9 Å². The quantitative estimate of drug-likeness (QED) is 0.707. The van der Waals surface area contributed by atoms with Crippen molar-refractivity contribution in [3.05, 3.63) is 71.3 Å². The highest BCUT2D eigenvalue weighted by molar-refractivity contribution is 5.89. The summed E-state index contributed by atoms with van der Waals surface area (Å²) in [6.45, 7) is 3.79. The first-order valence-corrected chi connectivity index (χ1v) is 10.7. The van der Waals surface area contributed by atoms with Crippen LogP contribution in [-0.2, 0) is 28.4 Å². The monoisotopic (exact) mass is 442 g/mol. The first-order chi connectivity index (χ1) is 15.4. The molecule has 32 heavy (non-hydrogen) atoms. The number of aliphatic hydroxyl groups is 1. The number of fused-ring (bicyclic) bond motifs is 3. The zero-order chi connectivity index (χ0) is 22.3. The molecule has 1 N–H and O–H groups in total. The second kappa shape index (κ2) is 8.55. The van der Waals surface area contributed by atoms with Crippen molar-refractivity contribution in [2.45, 2.75) is 56.6 Å². The molecule has 0 unspecified atom stereocenters. The van der Waals surface area contributed by atoms with Crippen molar-refractivity contribution in [3.63, 3.8) is 0 Å².